The van der Waals surface area contributed by atoms with Crippen molar-refractivity contribution in [2.24, 2.45) is 0 Å². The van der Waals surface area contributed by atoms with Gasteiger partial charge in [-0.15, -0.1) is 12.4 Å². The van der Waals surface area contributed by atoms with Gasteiger partial charge in [0, 0.05) is 24.8 Å². The van der Waals surface area contributed by atoms with Crippen LogP contribution in [0, 0.1) is 12.7 Å². The zero-order valence-electron chi connectivity index (χ0n) is 14.4. The van der Waals surface area contributed by atoms with Gasteiger partial charge in [0.25, 0.3) is 0 Å². The van der Waals surface area contributed by atoms with Gasteiger partial charge in [0.1, 0.15) is 5.82 Å². The molecule has 0 aromatic heterocycles. The van der Waals surface area contributed by atoms with E-state index in [4.69, 9.17) is 0 Å². The molecule has 6 heteroatoms. The van der Waals surface area contributed by atoms with E-state index in [-0.39, 0.29) is 30.2 Å². The molecule has 0 aliphatic carbocycles. The van der Waals surface area contributed by atoms with E-state index in [1.807, 2.05) is 18.9 Å². The molecule has 3 rings (SSSR count). The first kappa shape index (κ1) is 19.2. The topological polar surface area (TPSA) is 35.6 Å². The Labute approximate surface area is 149 Å². The maximum absolute atomic E-state index is 13.3. The normalized spacial score (nSPS) is 25.5. The number of likely N-dealkylation sites (N-methyl/N-ethyl adjacent to an activating group) is 1. The first-order valence-electron chi connectivity index (χ1n) is 8.59. The molecule has 1 amide bonds. The number of anilines is 1. The standard InChI is InChI=1S/C18H26FN3O.ClH/c1-13-11-14(19)7-8-16(13)22-10-4-6-17(18(22)23)21-9-3-5-15(12-21)20-2;/h7-8,11,15,17,20H,3-6,9-10,12H2,1-2H3;1H. The van der Waals surface area contributed by atoms with E-state index in [9.17, 15) is 9.18 Å². The minimum absolute atomic E-state index is 0. The van der Waals surface area contributed by atoms with Crippen LogP contribution in [0.4, 0.5) is 10.1 Å². The van der Waals surface area contributed by atoms with Crippen molar-refractivity contribution in [3.8, 4) is 0 Å². The SMILES string of the molecule is CNC1CCCN(C2CCCN(c3ccc(F)cc3C)C2=O)C1.Cl. The third-order valence-corrected chi connectivity index (χ3v) is 5.16. The Morgan fingerprint density at radius 1 is 1.21 bits per heavy atom. The molecular weight excluding hydrogens is 329 g/mol. The lowest BCUT2D eigenvalue weighted by molar-refractivity contribution is -0.126. The molecule has 2 aliphatic heterocycles. The number of aryl methyl sites for hydroxylation is 1. The largest absolute Gasteiger partial charge is 0.316 e. The third kappa shape index (κ3) is 3.90. The van der Waals surface area contributed by atoms with Crippen LogP contribution in [-0.2, 0) is 4.79 Å². The Bertz CT molecular complexity index is 583. The smallest absolute Gasteiger partial charge is 0.244 e. The summed E-state index contributed by atoms with van der Waals surface area (Å²) < 4.78 is 13.3. The number of hydrogen-bond acceptors (Lipinski definition) is 3. The summed E-state index contributed by atoms with van der Waals surface area (Å²) in [6, 6.07) is 5.11. The summed E-state index contributed by atoms with van der Waals surface area (Å²) in [6.07, 6.45) is 4.22. The summed E-state index contributed by atoms with van der Waals surface area (Å²) in [5, 5.41) is 3.34. The van der Waals surface area contributed by atoms with Crippen LogP contribution in [0.15, 0.2) is 18.2 Å². The molecule has 24 heavy (non-hydrogen) atoms. The van der Waals surface area contributed by atoms with E-state index in [2.05, 4.69) is 10.2 Å². The highest BCUT2D eigenvalue weighted by Crippen LogP contribution is 2.28. The fraction of sp³-hybridized carbons (Fsp3) is 0.611. The van der Waals surface area contributed by atoms with Crippen LogP contribution in [0.1, 0.15) is 31.2 Å². The van der Waals surface area contributed by atoms with Crippen LogP contribution in [0.3, 0.4) is 0 Å². The molecule has 0 bridgehead atoms. The minimum atomic E-state index is -0.250. The number of carbonyl (C=O) groups excluding carboxylic acids is 1. The summed E-state index contributed by atoms with van der Waals surface area (Å²) in [5.41, 5.74) is 1.68. The Morgan fingerprint density at radius 3 is 2.67 bits per heavy atom. The second kappa shape index (κ2) is 8.28. The molecule has 0 spiro atoms. The van der Waals surface area contributed by atoms with Gasteiger partial charge in [0.15, 0.2) is 0 Å². The van der Waals surface area contributed by atoms with Crippen LogP contribution >= 0.6 is 12.4 Å². The first-order valence-corrected chi connectivity index (χ1v) is 8.59. The monoisotopic (exact) mass is 355 g/mol. The first-order chi connectivity index (χ1) is 11.1. The molecule has 134 valence electrons. The molecule has 1 aromatic carbocycles. The second-order valence-electron chi connectivity index (χ2n) is 6.70. The number of rotatable bonds is 3. The zero-order chi connectivity index (χ0) is 16.4. The Hall–Kier alpha value is -1.17. The molecule has 2 aliphatic rings. The van der Waals surface area contributed by atoms with Gasteiger partial charge in [-0.25, -0.2) is 4.39 Å². The van der Waals surface area contributed by atoms with Crippen molar-refractivity contribution in [2.75, 3.05) is 31.6 Å². The number of likely N-dealkylation sites (tertiary alicyclic amines) is 1. The van der Waals surface area contributed by atoms with Crippen molar-refractivity contribution in [1.82, 2.24) is 10.2 Å². The summed E-state index contributed by atoms with van der Waals surface area (Å²) >= 11 is 0. The number of carbonyl (C=O) groups is 1. The van der Waals surface area contributed by atoms with Crippen molar-refractivity contribution in [2.45, 2.75) is 44.7 Å². The average Bonchev–Trinajstić information content (AvgIpc) is 2.56. The van der Waals surface area contributed by atoms with Crippen molar-refractivity contribution in [1.29, 1.82) is 0 Å². The van der Waals surface area contributed by atoms with Crippen LogP contribution in [0.5, 0.6) is 0 Å². The fourth-order valence-electron chi connectivity index (χ4n) is 3.88. The van der Waals surface area contributed by atoms with E-state index < -0.39 is 0 Å². The fourth-order valence-corrected chi connectivity index (χ4v) is 3.88. The summed E-state index contributed by atoms with van der Waals surface area (Å²) in [7, 11) is 1.99. The van der Waals surface area contributed by atoms with Crippen molar-refractivity contribution in [3.63, 3.8) is 0 Å². The number of hydrogen-bond donors (Lipinski definition) is 1. The van der Waals surface area contributed by atoms with E-state index >= 15 is 0 Å². The molecule has 2 fully saturated rings. The van der Waals surface area contributed by atoms with Gasteiger partial charge in [-0.2, -0.15) is 0 Å². The zero-order valence-corrected chi connectivity index (χ0v) is 15.2. The van der Waals surface area contributed by atoms with Crippen molar-refractivity contribution in [3.05, 3.63) is 29.6 Å². The molecule has 0 saturated carbocycles. The van der Waals surface area contributed by atoms with Gasteiger partial charge >= 0.3 is 0 Å². The Balaban J connectivity index is 0.00000208. The van der Waals surface area contributed by atoms with Crippen molar-refractivity contribution < 1.29 is 9.18 Å². The highest BCUT2D eigenvalue weighted by atomic mass is 35.5. The highest BCUT2D eigenvalue weighted by Gasteiger charge is 2.36. The molecule has 2 heterocycles. The van der Waals surface area contributed by atoms with Crippen molar-refractivity contribution >= 4 is 24.0 Å². The number of nitrogens with one attached hydrogen (secondary N) is 1. The summed E-state index contributed by atoms with van der Waals surface area (Å²) in [5.74, 6) is -0.0807. The number of nitrogens with zero attached hydrogens (tertiary/aromatic N) is 2. The van der Waals surface area contributed by atoms with Gasteiger partial charge in [-0.05, 0) is 70.0 Å². The summed E-state index contributed by atoms with van der Waals surface area (Å²) in [6.45, 7) is 4.52. The molecule has 1 N–H and O–H groups in total. The van der Waals surface area contributed by atoms with Gasteiger partial charge in [-0.1, -0.05) is 0 Å². The number of halogens is 2. The van der Waals surface area contributed by atoms with Gasteiger partial charge < -0.3 is 10.2 Å². The molecule has 4 nitrogen and oxygen atoms in total. The molecule has 2 atom stereocenters. The number of piperidine rings is 2. The van der Waals surface area contributed by atoms with Crippen LogP contribution in [0.2, 0.25) is 0 Å². The van der Waals surface area contributed by atoms with Gasteiger partial charge in [0.2, 0.25) is 5.91 Å². The maximum atomic E-state index is 13.3. The average molecular weight is 356 g/mol. The molecule has 2 unspecified atom stereocenters. The van der Waals surface area contributed by atoms with E-state index in [0.717, 1.165) is 50.1 Å². The van der Waals surface area contributed by atoms with Gasteiger partial charge in [0.05, 0.1) is 6.04 Å². The Morgan fingerprint density at radius 2 is 1.96 bits per heavy atom. The van der Waals surface area contributed by atoms with Crippen LogP contribution < -0.4 is 10.2 Å². The minimum Gasteiger partial charge on any atom is -0.316 e. The third-order valence-electron chi connectivity index (χ3n) is 5.16. The quantitative estimate of drug-likeness (QED) is 0.905. The highest BCUT2D eigenvalue weighted by molar-refractivity contribution is 5.98. The molecule has 2 saturated heterocycles. The lowest BCUT2D eigenvalue weighted by Crippen LogP contribution is -2.57. The summed E-state index contributed by atoms with van der Waals surface area (Å²) in [4.78, 5) is 17.2. The molecule has 0 radical (unpaired) electrons. The van der Waals surface area contributed by atoms with Gasteiger partial charge in [-0.3, -0.25) is 9.69 Å². The Kier molecular flexibility index (Phi) is 6.61. The second-order valence-corrected chi connectivity index (χ2v) is 6.70. The molecule has 1 aromatic rings. The van der Waals surface area contributed by atoms with E-state index in [1.165, 1.54) is 18.6 Å². The lowest BCUT2D eigenvalue weighted by Gasteiger charge is -2.42. The number of amides is 1. The predicted molar refractivity (Wildman–Crippen MR) is 97.4 cm³/mol. The predicted octanol–water partition coefficient (Wildman–Crippen LogP) is 2.74. The maximum Gasteiger partial charge on any atom is 0.244 e. The van der Waals surface area contributed by atoms with Crippen LogP contribution in [-0.4, -0.2) is 49.6 Å². The lowest BCUT2D eigenvalue weighted by atomic mass is 9.97. The van der Waals surface area contributed by atoms with Crippen LogP contribution in [0.25, 0.3) is 0 Å². The number of benzene rings is 1. The van der Waals surface area contributed by atoms with E-state index in [1.54, 1.807) is 6.07 Å². The molecular formula is C18H27ClFN3O. The van der Waals surface area contributed by atoms with E-state index in [0.29, 0.717) is 6.04 Å².